The Hall–Kier alpha value is -2.70. The number of fused-ring (bicyclic) bond motifs is 1. The summed E-state index contributed by atoms with van der Waals surface area (Å²) in [7, 11) is 0. The molecule has 4 aromatic rings. The number of aryl methyl sites for hydroxylation is 1. The number of hydrogen-bond donors (Lipinski definition) is 1. The summed E-state index contributed by atoms with van der Waals surface area (Å²) in [5, 5.41) is 17.0. The third-order valence-corrected chi connectivity index (χ3v) is 6.17. The zero-order chi connectivity index (χ0) is 19.5. The predicted octanol–water partition coefficient (Wildman–Crippen LogP) is 6.03. The monoisotopic (exact) mass is 405 g/mol. The SMILES string of the molecule is CCSc1nnc(-c2ccc(C)c(NC(=O)c3cccs3)c2)c2ccccc12. The lowest BCUT2D eigenvalue weighted by Gasteiger charge is -2.12. The normalized spacial score (nSPS) is 10.9. The number of thioether (sulfide) groups is 1. The molecule has 0 bridgehead atoms. The van der Waals surface area contributed by atoms with Gasteiger partial charge in [0.1, 0.15) is 10.7 Å². The van der Waals surface area contributed by atoms with Crippen molar-refractivity contribution in [1.29, 1.82) is 0 Å². The third-order valence-electron chi connectivity index (χ3n) is 4.44. The highest BCUT2D eigenvalue weighted by Gasteiger charge is 2.14. The van der Waals surface area contributed by atoms with E-state index < -0.39 is 0 Å². The van der Waals surface area contributed by atoms with E-state index in [1.807, 2.05) is 54.8 Å². The zero-order valence-electron chi connectivity index (χ0n) is 15.6. The Labute approximate surface area is 172 Å². The van der Waals surface area contributed by atoms with E-state index in [0.717, 1.165) is 44.1 Å². The minimum Gasteiger partial charge on any atom is -0.321 e. The van der Waals surface area contributed by atoms with Crippen molar-refractivity contribution in [2.24, 2.45) is 0 Å². The summed E-state index contributed by atoms with van der Waals surface area (Å²) in [5.41, 5.74) is 3.55. The molecule has 1 N–H and O–H groups in total. The summed E-state index contributed by atoms with van der Waals surface area (Å²) in [4.78, 5) is 13.2. The molecule has 0 radical (unpaired) electrons. The number of nitrogens with zero attached hydrogens (tertiary/aromatic N) is 2. The van der Waals surface area contributed by atoms with Gasteiger partial charge in [0.25, 0.3) is 5.91 Å². The zero-order valence-corrected chi connectivity index (χ0v) is 17.2. The summed E-state index contributed by atoms with van der Waals surface area (Å²) in [6, 6.07) is 17.9. The maximum absolute atomic E-state index is 12.5. The van der Waals surface area contributed by atoms with E-state index in [-0.39, 0.29) is 5.91 Å². The fraction of sp³-hybridized carbons (Fsp3) is 0.136. The largest absolute Gasteiger partial charge is 0.321 e. The van der Waals surface area contributed by atoms with Crippen LogP contribution in [0.15, 0.2) is 65.0 Å². The lowest BCUT2D eigenvalue weighted by Crippen LogP contribution is -2.11. The topological polar surface area (TPSA) is 54.9 Å². The van der Waals surface area contributed by atoms with Crippen LogP contribution in [0.25, 0.3) is 22.0 Å². The molecule has 28 heavy (non-hydrogen) atoms. The molecule has 4 rings (SSSR count). The van der Waals surface area contributed by atoms with Gasteiger partial charge in [0.15, 0.2) is 0 Å². The highest BCUT2D eigenvalue weighted by atomic mass is 32.2. The highest BCUT2D eigenvalue weighted by molar-refractivity contribution is 7.99. The minimum atomic E-state index is -0.0964. The predicted molar refractivity (Wildman–Crippen MR) is 118 cm³/mol. The standard InChI is InChI=1S/C22H19N3OS2/c1-3-27-22-17-8-5-4-7-16(17)20(24-25-22)15-11-10-14(2)18(13-15)23-21(26)19-9-6-12-28-19/h4-13H,3H2,1-2H3,(H,23,26). The first-order chi connectivity index (χ1) is 13.7. The number of amides is 1. The van der Waals surface area contributed by atoms with E-state index in [4.69, 9.17) is 0 Å². The molecule has 0 saturated carbocycles. The van der Waals surface area contributed by atoms with Gasteiger partial charge in [0.05, 0.1) is 4.88 Å². The highest BCUT2D eigenvalue weighted by Crippen LogP contribution is 2.33. The Kier molecular flexibility index (Phi) is 5.41. The van der Waals surface area contributed by atoms with Gasteiger partial charge < -0.3 is 5.32 Å². The van der Waals surface area contributed by atoms with Crippen molar-refractivity contribution < 1.29 is 4.79 Å². The first-order valence-electron chi connectivity index (χ1n) is 9.01. The van der Waals surface area contributed by atoms with Crippen LogP contribution in [0.2, 0.25) is 0 Å². The molecular formula is C22H19N3OS2. The Morgan fingerprint density at radius 3 is 2.64 bits per heavy atom. The number of carbonyl (C=O) groups is 1. The summed E-state index contributed by atoms with van der Waals surface area (Å²) in [5.74, 6) is 0.849. The van der Waals surface area contributed by atoms with Crippen LogP contribution in [-0.2, 0) is 0 Å². The van der Waals surface area contributed by atoms with Crippen LogP contribution < -0.4 is 5.32 Å². The lowest BCUT2D eigenvalue weighted by molar-refractivity contribution is 0.103. The molecule has 1 amide bonds. The molecule has 0 spiro atoms. The van der Waals surface area contributed by atoms with Crippen LogP contribution >= 0.6 is 23.1 Å². The molecule has 2 aromatic heterocycles. The molecular weight excluding hydrogens is 386 g/mol. The number of rotatable bonds is 5. The molecule has 0 aliphatic carbocycles. The average Bonchev–Trinajstić information content (AvgIpc) is 3.25. The van der Waals surface area contributed by atoms with Crippen molar-refractivity contribution in [1.82, 2.24) is 10.2 Å². The van der Waals surface area contributed by atoms with Crippen LogP contribution in [0.3, 0.4) is 0 Å². The van der Waals surface area contributed by atoms with E-state index in [1.165, 1.54) is 11.3 Å². The van der Waals surface area contributed by atoms with Gasteiger partial charge in [0, 0.05) is 22.0 Å². The molecule has 0 aliphatic heterocycles. The van der Waals surface area contributed by atoms with Crippen molar-refractivity contribution in [2.45, 2.75) is 18.9 Å². The van der Waals surface area contributed by atoms with Gasteiger partial charge in [-0.15, -0.1) is 33.3 Å². The van der Waals surface area contributed by atoms with Crippen LogP contribution in [-0.4, -0.2) is 21.9 Å². The van der Waals surface area contributed by atoms with Crippen molar-refractivity contribution in [2.75, 3.05) is 11.1 Å². The minimum absolute atomic E-state index is 0.0964. The molecule has 0 unspecified atom stereocenters. The number of aromatic nitrogens is 2. The van der Waals surface area contributed by atoms with Crippen molar-refractivity contribution in [3.63, 3.8) is 0 Å². The summed E-state index contributed by atoms with van der Waals surface area (Å²) < 4.78 is 0. The Bertz CT molecular complexity index is 1140. The Morgan fingerprint density at radius 1 is 1.07 bits per heavy atom. The summed E-state index contributed by atoms with van der Waals surface area (Å²) in [6.07, 6.45) is 0. The molecule has 0 atom stereocenters. The van der Waals surface area contributed by atoms with Gasteiger partial charge in [-0.25, -0.2) is 0 Å². The fourth-order valence-corrected chi connectivity index (χ4v) is 4.36. The van der Waals surface area contributed by atoms with Crippen molar-refractivity contribution in [3.8, 4) is 11.3 Å². The molecule has 4 nitrogen and oxygen atoms in total. The van der Waals surface area contributed by atoms with Crippen molar-refractivity contribution >= 4 is 45.5 Å². The van der Waals surface area contributed by atoms with Crippen LogP contribution in [0.1, 0.15) is 22.2 Å². The first kappa shape index (κ1) is 18.7. The Balaban J connectivity index is 1.76. The maximum atomic E-state index is 12.5. The van der Waals surface area contributed by atoms with Crippen LogP contribution in [0.4, 0.5) is 5.69 Å². The first-order valence-corrected chi connectivity index (χ1v) is 10.9. The average molecular weight is 406 g/mol. The maximum Gasteiger partial charge on any atom is 0.265 e. The molecule has 140 valence electrons. The second-order valence-corrected chi connectivity index (χ2v) is 8.49. The molecule has 0 saturated heterocycles. The number of carbonyl (C=O) groups excluding carboxylic acids is 1. The molecule has 2 aromatic carbocycles. The second kappa shape index (κ2) is 8.12. The van der Waals surface area contributed by atoms with Crippen LogP contribution in [0, 0.1) is 6.92 Å². The molecule has 0 fully saturated rings. The van der Waals surface area contributed by atoms with Gasteiger partial charge >= 0.3 is 0 Å². The van der Waals surface area contributed by atoms with E-state index in [9.17, 15) is 4.79 Å². The van der Waals surface area contributed by atoms with Crippen LogP contribution in [0.5, 0.6) is 0 Å². The van der Waals surface area contributed by atoms with E-state index >= 15 is 0 Å². The summed E-state index contributed by atoms with van der Waals surface area (Å²) >= 11 is 3.12. The molecule has 0 aliphatic rings. The summed E-state index contributed by atoms with van der Waals surface area (Å²) in [6.45, 7) is 4.09. The van der Waals surface area contributed by atoms with Gasteiger partial charge in [-0.1, -0.05) is 49.4 Å². The van der Waals surface area contributed by atoms with Gasteiger partial charge in [0.2, 0.25) is 0 Å². The van der Waals surface area contributed by atoms with E-state index in [2.05, 4.69) is 34.6 Å². The molecule has 2 heterocycles. The quantitative estimate of drug-likeness (QED) is 0.412. The smallest absolute Gasteiger partial charge is 0.265 e. The number of hydrogen-bond acceptors (Lipinski definition) is 5. The van der Waals surface area contributed by atoms with Gasteiger partial charge in [-0.05, 0) is 35.8 Å². The number of anilines is 1. The number of thiophene rings is 1. The van der Waals surface area contributed by atoms with Gasteiger partial charge in [-0.2, -0.15) is 0 Å². The lowest BCUT2D eigenvalue weighted by atomic mass is 10.0. The molecule has 6 heteroatoms. The number of nitrogens with one attached hydrogen (secondary N) is 1. The van der Waals surface area contributed by atoms with Gasteiger partial charge in [-0.3, -0.25) is 4.79 Å². The Morgan fingerprint density at radius 2 is 1.89 bits per heavy atom. The van der Waals surface area contributed by atoms with E-state index in [0.29, 0.717) is 4.88 Å². The van der Waals surface area contributed by atoms with E-state index in [1.54, 1.807) is 11.8 Å². The third kappa shape index (κ3) is 3.66. The number of benzene rings is 2. The fourth-order valence-electron chi connectivity index (χ4n) is 3.03. The second-order valence-electron chi connectivity index (χ2n) is 6.29. The van der Waals surface area contributed by atoms with Crippen molar-refractivity contribution in [3.05, 3.63) is 70.4 Å².